The zero-order valence-electron chi connectivity index (χ0n) is 12.4. The number of Topliss-reactive ketones (excluding diaryl/α,β-unsaturated/α-hetero) is 1. The Labute approximate surface area is 120 Å². The van der Waals surface area contributed by atoms with Crippen LogP contribution in [0.3, 0.4) is 0 Å². The highest BCUT2D eigenvalue weighted by molar-refractivity contribution is 5.97. The molecule has 0 heterocycles. The van der Waals surface area contributed by atoms with Crippen LogP contribution in [0.15, 0.2) is 42.5 Å². The Morgan fingerprint density at radius 3 is 2.50 bits per heavy atom. The van der Waals surface area contributed by atoms with Crippen molar-refractivity contribution in [3.63, 3.8) is 0 Å². The summed E-state index contributed by atoms with van der Waals surface area (Å²) in [6, 6.07) is 14.2. The van der Waals surface area contributed by atoms with E-state index in [1.165, 1.54) is 5.56 Å². The van der Waals surface area contributed by atoms with Gasteiger partial charge in [0.05, 0.1) is 0 Å². The third kappa shape index (κ3) is 3.70. The first kappa shape index (κ1) is 14.3. The maximum Gasteiger partial charge on any atom is 0.164 e. The molecule has 104 valence electrons. The second kappa shape index (κ2) is 6.38. The van der Waals surface area contributed by atoms with Crippen LogP contribution in [0.25, 0.3) is 0 Å². The Hall–Kier alpha value is -2.09. The lowest BCUT2D eigenvalue weighted by Crippen LogP contribution is -2.10. The molecule has 2 aromatic rings. The van der Waals surface area contributed by atoms with Crippen LogP contribution in [0.2, 0.25) is 0 Å². The summed E-state index contributed by atoms with van der Waals surface area (Å²) in [6.07, 6.45) is 0.512. The van der Waals surface area contributed by atoms with E-state index in [-0.39, 0.29) is 5.78 Å². The van der Waals surface area contributed by atoms with Gasteiger partial charge in [0.1, 0.15) is 0 Å². The highest BCUT2D eigenvalue weighted by Crippen LogP contribution is 2.14. The molecule has 20 heavy (non-hydrogen) atoms. The molecule has 0 spiro atoms. The van der Waals surface area contributed by atoms with Gasteiger partial charge >= 0.3 is 0 Å². The van der Waals surface area contributed by atoms with Gasteiger partial charge in [0.15, 0.2) is 5.78 Å². The number of nitrogens with one attached hydrogen (secondary N) is 1. The summed E-state index contributed by atoms with van der Waals surface area (Å²) in [5, 5.41) is 3.30. The van der Waals surface area contributed by atoms with Gasteiger partial charge in [-0.05, 0) is 50.1 Å². The molecular weight excluding hydrogens is 246 g/mol. The van der Waals surface area contributed by atoms with E-state index in [9.17, 15) is 4.79 Å². The van der Waals surface area contributed by atoms with Crippen molar-refractivity contribution in [2.45, 2.75) is 27.2 Å². The van der Waals surface area contributed by atoms with Crippen LogP contribution >= 0.6 is 0 Å². The largest absolute Gasteiger partial charge is 0.385 e. The Morgan fingerprint density at radius 2 is 1.75 bits per heavy atom. The monoisotopic (exact) mass is 267 g/mol. The molecule has 0 aromatic heterocycles. The van der Waals surface area contributed by atoms with E-state index in [1.807, 2.05) is 44.2 Å². The van der Waals surface area contributed by atoms with E-state index in [1.54, 1.807) is 0 Å². The summed E-state index contributed by atoms with van der Waals surface area (Å²) >= 11 is 0. The SMILES string of the molecule is Cc1cccc(NCCC(=O)c2cc(C)ccc2C)c1. The van der Waals surface area contributed by atoms with Crippen LogP contribution in [0, 0.1) is 20.8 Å². The van der Waals surface area contributed by atoms with Crippen molar-refractivity contribution in [3.8, 4) is 0 Å². The molecule has 2 aromatic carbocycles. The van der Waals surface area contributed by atoms with Crippen molar-refractivity contribution < 1.29 is 4.79 Å². The van der Waals surface area contributed by atoms with Crippen LogP contribution < -0.4 is 5.32 Å². The molecule has 0 fully saturated rings. The fourth-order valence-corrected chi connectivity index (χ4v) is 2.25. The molecule has 0 saturated carbocycles. The van der Waals surface area contributed by atoms with Gasteiger partial charge in [-0.2, -0.15) is 0 Å². The molecule has 0 aliphatic rings. The van der Waals surface area contributed by atoms with Gasteiger partial charge in [0, 0.05) is 24.2 Å². The lowest BCUT2D eigenvalue weighted by atomic mass is 10.0. The van der Waals surface area contributed by atoms with E-state index in [0.29, 0.717) is 13.0 Å². The van der Waals surface area contributed by atoms with E-state index < -0.39 is 0 Å². The summed E-state index contributed by atoms with van der Waals surface area (Å²) in [4.78, 5) is 12.2. The third-order valence-electron chi connectivity index (χ3n) is 3.39. The molecule has 0 amide bonds. The molecule has 0 aliphatic heterocycles. The number of carbonyl (C=O) groups excluding carboxylic acids is 1. The Balaban J connectivity index is 1.94. The lowest BCUT2D eigenvalue weighted by Gasteiger charge is -2.09. The van der Waals surface area contributed by atoms with E-state index in [2.05, 4.69) is 24.4 Å². The predicted molar refractivity (Wildman–Crippen MR) is 84.5 cm³/mol. The molecule has 0 saturated heterocycles. The standard InChI is InChI=1S/C18H21NO/c1-13-5-4-6-16(11-13)19-10-9-18(20)17-12-14(2)7-8-15(17)3/h4-8,11-12,19H,9-10H2,1-3H3. The van der Waals surface area contributed by atoms with Gasteiger partial charge in [0.2, 0.25) is 0 Å². The van der Waals surface area contributed by atoms with Crippen molar-refractivity contribution in [3.05, 3.63) is 64.7 Å². The first-order chi connectivity index (χ1) is 9.56. The number of carbonyl (C=O) groups is 1. The Bertz CT molecular complexity index is 617. The number of ketones is 1. The summed E-state index contributed by atoms with van der Waals surface area (Å²) < 4.78 is 0. The maximum absolute atomic E-state index is 12.2. The molecule has 0 unspecified atom stereocenters. The average molecular weight is 267 g/mol. The number of hydrogen-bond donors (Lipinski definition) is 1. The quantitative estimate of drug-likeness (QED) is 0.818. The molecule has 0 bridgehead atoms. The lowest BCUT2D eigenvalue weighted by molar-refractivity contribution is 0.0986. The van der Waals surface area contributed by atoms with Gasteiger partial charge in [-0.25, -0.2) is 0 Å². The fraction of sp³-hybridized carbons (Fsp3) is 0.278. The molecule has 2 nitrogen and oxygen atoms in total. The van der Waals surface area contributed by atoms with Gasteiger partial charge in [-0.1, -0.05) is 29.8 Å². The van der Waals surface area contributed by atoms with Crippen LogP contribution in [-0.2, 0) is 0 Å². The molecule has 1 N–H and O–H groups in total. The number of benzene rings is 2. The van der Waals surface area contributed by atoms with Gasteiger partial charge in [-0.3, -0.25) is 4.79 Å². The summed E-state index contributed by atoms with van der Waals surface area (Å²) in [5.74, 6) is 0.200. The van der Waals surface area contributed by atoms with Crippen LogP contribution in [0.5, 0.6) is 0 Å². The van der Waals surface area contributed by atoms with Gasteiger partial charge in [0.25, 0.3) is 0 Å². The van der Waals surface area contributed by atoms with Crippen LogP contribution in [-0.4, -0.2) is 12.3 Å². The normalized spacial score (nSPS) is 10.3. The zero-order valence-corrected chi connectivity index (χ0v) is 12.4. The molecule has 0 aliphatic carbocycles. The first-order valence-electron chi connectivity index (χ1n) is 6.97. The van der Waals surface area contributed by atoms with Crippen molar-refractivity contribution >= 4 is 11.5 Å². The highest BCUT2D eigenvalue weighted by atomic mass is 16.1. The highest BCUT2D eigenvalue weighted by Gasteiger charge is 2.08. The van der Waals surface area contributed by atoms with Crippen molar-refractivity contribution in [1.29, 1.82) is 0 Å². The molecule has 2 rings (SSSR count). The molecule has 0 radical (unpaired) electrons. The predicted octanol–water partition coefficient (Wildman–Crippen LogP) is 4.30. The van der Waals surface area contributed by atoms with E-state index in [0.717, 1.165) is 22.4 Å². The first-order valence-corrected chi connectivity index (χ1v) is 6.97. The minimum atomic E-state index is 0.200. The minimum Gasteiger partial charge on any atom is -0.385 e. The van der Waals surface area contributed by atoms with Crippen LogP contribution in [0.4, 0.5) is 5.69 Å². The maximum atomic E-state index is 12.2. The van der Waals surface area contributed by atoms with E-state index in [4.69, 9.17) is 0 Å². The number of rotatable bonds is 5. The van der Waals surface area contributed by atoms with Crippen molar-refractivity contribution in [2.75, 3.05) is 11.9 Å². The van der Waals surface area contributed by atoms with Crippen LogP contribution in [0.1, 0.15) is 33.5 Å². The smallest absolute Gasteiger partial charge is 0.164 e. The fourth-order valence-electron chi connectivity index (χ4n) is 2.25. The van der Waals surface area contributed by atoms with Gasteiger partial charge < -0.3 is 5.32 Å². The summed E-state index contributed by atoms with van der Waals surface area (Å²) in [6.45, 7) is 6.73. The second-order valence-electron chi connectivity index (χ2n) is 5.29. The van der Waals surface area contributed by atoms with Crippen molar-refractivity contribution in [1.82, 2.24) is 0 Å². The second-order valence-corrected chi connectivity index (χ2v) is 5.29. The number of aryl methyl sites for hydroxylation is 3. The Kier molecular flexibility index (Phi) is 4.57. The molecule has 2 heteroatoms. The molecular formula is C18H21NO. The van der Waals surface area contributed by atoms with Gasteiger partial charge in [-0.15, -0.1) is 0 Å². The number of hydrogen-bond acceptors (Lipinski definition) is 2. The summed E-state index contributed by atoms with van der Waals surface area (Å²) in [5.41, 5.74) is 5.31. The topological polar surface area (TPSA) is 29.1 Å². The van der Waals surface area contributed by atoms with Crippen molar-refractivity contribution in [2.24, 2.45) is 0 Å². The zero-order chi connectivity index (χ0) is 14.5. The number of anilines is 1. The Morgan fingerprint density at radius 1 is 1.00 bits per heavy atom. The average Bonchev–Trinajstić information content (AvgIpc) is 2.41. The summed E-state index contributed by atoms with van der Waals surface area (Å²) in [7, 11) is 0. The third-order valence-corrected chi connectivity index (χ3v) is 3.39. The van der Waals surface area contributed by atoms with E-state index >= 15 is 0 Å². The molecule has 0 atom stereocenters. The minimum absolute atomic E-state index is 0.200.